The SMILES string of the molecule is CC.CCC1(CC)CC(C)(F)CN1. The Labute approximate surface area is 82.1 Å². The summed E-state index contributed by atoms with van der Waals surface area (Å²) in [6.45, 7) is 10.5. The monoisotopic (exact) mass is 189 g/mol. The van der Waals surface area contributed by atoms with Crippen LogP contribution in [-0.2, 0) is 0 Å². The third-order valence-electron chi connectivity index (χ3n) is 2.89. The molecule has 1 atom stereocenters. The molecule has 80 valence electrons. The zero-order valence-electron chi connectivity index (χ0n) is 9.71. The largest absolute Gasteiger partial charge is 0.308 e. The average molecular weight is 189 g/mol. The Balaban J connectivity index is 0.000000671. The summed E-state index contributed by atoms with van der Waals surface area (Å²) in [7, 11) is 0. The molecular weight excluding hydrogens is 165 g/mol. The smallest absolute Gasteiger partial charge is 0.122 e. The summed E-state index contributed by atoms with van der Waals surface area (Å²) >= 11 is 0. The molecule has 0 aromatic heterocycles. The van der Waals surface area contributed by atoms with Crippen LogP contribution in [0.4, 0.5) is 4.39 Å². The lowest BCUT2D eigenvalue weighted by atomic mass is 9.87. The Bertz CT molecular complexity index is 139. The van der Waals surface area contributed by atoms with Crippen molar-refractivity contribution in [2.45, 2.75) is 65.1 Å². The van der Waals surface area contributed by atoms with E-state index >= 15 is 0 Å². The maximum atomic E-state index is 13.4. The molecule has 1 saturated heterocycles. The van der Waals surface area contributed by atoms with E-state index in [1.54, 1.807) is 6.92 Å². The van der Waals surface area contributed by atoms with Crippen molar-refractivity contribution < 1.29 is 4.39 Å². The van der Waals surface area contributed by atoms with Crippen LogP contribution < -0.4 is 5.32 Å². The van der Waals surface area contributed by atoms with Crippen molar-refractivity contribution in [1.29, 1.82) is 0 Å². The summed E-state index contributed by atoms with van der Waals surface area (Å²) in [5, 5.41) is 3.28. The van der Waals surface area contributed by atoms with Crippen LogP contribution in [0.2, 0.25) is 0 Å². The maximum absolute atomic E-state index is 13.4. The number of rotatable bonds is 2. The summed E-state index contributed by atoms with van der Waals surface area (Å²) in [5.41, 5.74) is -0.893. The molecule has 1 fully saturated rings. The Morgan fingerprint density at radius 3 is 1.85 bits per heavy atom. The molecule has 1 aliphatic heterocycles. The van der Waals surface area contributed by atoms with Crippen molar-refractivity contribution in [2.24, 2.45) is 0 Å². The quantitative estimate of drug-likeness (QED) is 0.703. The van der Waals surface area contributed by atoms with Crippen LogP contribution >= 0.6 is 0 Å². The second kappa shape index (κ2) is 4.94. The highest BCUT2D eigenvalue weighted by molar-refractivity contribution is 5.01. The average Bonchev–Trinajstić information content (AvgIpc) is 2.46. The zero-order valence-corrected chi connectivity index (χ0v) is 9.71. The molecule has 0 radical (unpaired) electrons. The van der Waals surface area contributed by atoms with Gasteiger partial charge in [-0.05, 0) is 19.8 Å². The summed E-state index contributed by atoms with van der Waals surface area (Å²) in [6, 6.07) is 0. The molecule has 1 aliphatic rings. The fraction of sp³-hybridized carbons (Fsp3) is 1.00. The fourth-order valence-electron chi connectivity index (χ4n) is 1.95. The summed E-state index contributed by atoms with van der Waals surface area (Å²) in [5.74, 6) is 0. The lowest BCUT2D eigenvalue weighted by Gasteiger charge is -2.26. The second-order valence-corrected chi connectivity index (χ2v) is 3.93. The van der Waals surface area contributed by atoms with Crippen LogP contribution in [0.5, 0.6) is 0 Å². The second-order valence-electron chi connectivity index (χ2n) is 3.93. The van der Waals surface area contributed by atoms with Crippen LogP contribution in [0.3, 0.4) is 0 Å². The van der Waals surface area contributed by atoms with Crippen molar-refractivity contribution in [3.63, 3.8) is 0 Å². The van der Waals surface area contributed by atoms with Crippen molar-refractivity contribution in [2.75, 3.05) is 6.54 Å². The molecule has 0 bridgehead atoms. The topological polar surface area (TPSA) is 12.0 Å². The van der Waals surface area contributed by atoms with Gasteiger partial charge in [-0.1, -0.05) is 27.7 Å². The van der Waals surface area contributed by atoms with Crippen molar-refractivity contribution >= 4 is 0 Å². The molecular formula is C11H24FN. The first-order chi connectivity index (χ1) is 6.04. The predicted molar refractivity (Wildman–Crippen MR) is 56.8 cm³/mol. The van der Waals surface area contributed by atoms with E-state index in [-0.39, 0.29) is 5.54 Å². The maximum Gasteiger partial charge on any atom is 0.122 e. The Hall–Kier alpha value is -0.110. The molecule has 1 N–H and O–H groups in total. The van der Waals surface area contributed by atoms with Gasteiger partial charge in [0, 0.05) is 18.5 Å². The summed E-state index contributed by atoms with van der Waals surface area (Å²) in [6.07, 6.45) is 2.74. The van der Waals surface area contributed by atoms with E-state index in [9.17, 15) is 4.39 Å². The number of alkyl halides is 1. The number of halogens is 1. The van der Waals surface area contributed by atoms with Gasteiger partial charge in [-0.2, -0.15) is 0 Å². The van der Waals surface area contributed by atoms with Gasteiger partial charge in [0.15, 0.2) is 0 Å². The Morgan fingerprint density at radius 2 is 1.69 bits per heavy atom. The lowest BCUT2D eigenvalue weighted by Crippen LogP contribution is -2.37. The third-order valence-corrected chi connectivity index (χ3v) is 2.89. The van der Waals surface area contributed by atoms with Gasteiger partial charge in [0.25, 0.3) is 0 Å². The first-order valence-corrected chi connectivity index (χ1v) is 5.47. The van der Waals surface area contributed by atoms with E-state index in [2.05, 4.69) is 19.2 Å². The minimum Gasteiger partial charge on any atom is -0.308 e. The van der Waals surface area contributed by atoms with E-state index in [1.165, 1.54) is 0 Å². The Morgan fingerprint density at radius 1 is 1.23 bits per heavy atom. The van der Waals surface area contributed by atoms with Crippen molar-refractivity contribution in [1.82, 2.24) is 5.32 Å². The normalized spacial score (nSPS) is 30.9. The zero-order chi connectivity index (χ0) is 10.5. The van der Waals surface area contributed by atoms with Crippen LogP contribution in [0.1, 0.15) is 53.9 Å². The number of hydrogen-bond acceptors (Lipinski definition) is 1. The van der Waals surface area contributed by atoms with Gasteiger partial charge in [-0.15, -0.1) is 0 Å². The van der Waals surface area contributed by atoms with E-state index in [0.29, 0.717) is 13.0 Å². The molecule has 1 heterocycles. The molecule has 0 spiro atoms. The molecule has 1 rings (SSSR count). The van der Waals surface area contributed by atoms with Gasteiger partial charge in [-0.25, -0.2) is 4.39 Å². The van der Waals surface area contributed by atoms with Crippen LogP contribution in [0, 0.1) is 0 Å². The molecule has 1 nitrogen and oxygen atoms in total. The van der Waals surface area contributed by atoms with Crippen LogP contribution in [0.15, 0.2) is 0 Å². The first-order valence-electron chi connectivity index (χ1n) is 5.47. The van der Waals surface area contributed by atoms with Gasteiger partial charge < -0.3 is 5.32 Å². The minimum absolute atomic E-state index is 0.0868. The van der Waals surface area contributed by atoms with Gasteiger partial charge in [-0.3, -0.25) is 0 Å². The van der Waals surface area contributed by atoms with E-state index in [1.807, 2.05) is 13.8 Å². The van der Waals surface area contributed by atoms with E-state index < -0.39 is 5.67 Å². The van der Waals surface area contributed by atoms with Gasteiger partial charge >= 0.3 is 0 Å². The Kier molecular flexibility index (Phi) is 4.90. The summed E-state index contributed by atoms with van der Waals surface area (Å²) in [4.78, 5) is 0. The molecule has 13 heavy (non-hydrogen) atoms. The lowest BCUT2D eigenvalue weighted by molar-refractivity contribution is 0.197. The molecule has 0 aromatic carbocycles. The number of hydrogen-bond donors (Lipinski definition) is 1. The van der Waals surface area contributed by atoms with Gasteiger partial charge in [0.1, 0.15) is 5.67 Å². The van der Waals surface area contributed by atoms with E-state index in [4.69, 9.17) is 0 Å². The van der Waals surface area contributed by atoms with Crippen LogP contribution in [0.25, 0.3) is 0 Å². The fourth-order valence-corrected chi connectivity index (χ4v) is 1.95. The molecule has 2 heteroatoms. The van der Waals surface area contributed by atoms with Crippen LogP contribution in [-0.4, -0.2) is 17.8 Å². The highest BCUT2D eigenvalue weighted by Gasteiger charge is 2.43. The minimum atomic E-state index is -0.980. The summed E-state index contributed by atoms with van der Waals surface area (Å²) < 4.78 is 13.4. The van der Waals surface area contributed by atoms with Gasteiger partial charge in [0.05, 0.1) is 0 Å². The number of nitrogens with one attached hydrogen (secondary N) is 1. The standard InChI is InChI=1S/C9H18FN.C2H6/c1-4-9(5-2)6-8(3,10)7-11-9;1-2/h11H,4-7H2,1-3H3;1-2H3. The molecule has 1 unspecified atom stereocenters. The molecule has 0 aromatic rings. The predicted octanol–water partition coefficient (Wildman–Crippen LogP) is 3.29. The van der Waals surface area contributed by atoms with Gasteiger partial charge in [0.2, 0.25) is 0 Å². The first kappa shape index (κ1) is 12.9. The van der Waals surface area contributed by atoms with Crippen molar-refractivity contribution in [3.05, 3.63) is 0 Å². The third kappa shape index (κ3) is 3.26. The molecule has 0 amide bonds. The highest BCUT2D eigenvalue weighted by atomic mass is 19.1. The molecule has 0 aliphatic carbocycles. The van der Waals surface area contributed by atoms with E-state index in [0.717, 1.165) is 12.8 Å². The van der Waals surface area contributed by atoms with Crippen molar-refractivity contribution in [3.8, 4) is 0 Å². The molecule has 0 saturated carbocycles. The highest BCUT2D eigenvalue weighted by Crippen LogP contribution is 2.34.